The molecule has 5 atom stereocenters. The number of unbranched alkanes of at least 4 members (excludes halogenated alkanes) is 35. The molecule has 5 unspecified atom stereocenters. The number of rotatable bonds is 84. The van der Waals surface area contributed by atoms with Gasteiger partial charge in [0.15, 0.2) is 6.10 Å². The first-order chi connectivity index (χ1) is 55.2. The van der Waals surface area contributed by atoms with E-state index in [4.69, 9.17) is 32.3 Å². The van der Waals surface area contributed by atoms with Crippen molar-refractivity contribution in [2.45, 2.75) is 386 Å². The molecule has 0 heterocycles. The van der Waals surface area contributed by atoms with Gasteiger partial charge in [-0.25, -0.2) is 9.13 Å². The molecule has 0 bridgehead atoms. The molecule has 16 nitrogen and oxygen atoms in total. The molecule has 0 aromatic heterocycles. The zero-order valence-electron chi connectivity index (χ0n) is 71.3. The average molecular weight is 1620 g/mol. The van der Waals surface area contributed by atoms with E-state index in [9.17, 15) is 43.5 Å². The molecule has 0 rings (SSSR count). The number of phosphoric ester groups is 2. The lowest BCUT2D eigenvalue weighted by Crippen LogP contribution is -2.30. The van der Waals surface area contributed by atoms with Crippen molar-refractivity contribution in [2.24, 2.45) is 0 Å². The largest absolute Gasteiger partial charge is 0.472 e. The topological polar surface area (TPSA) is 231 Å². The quantitative estimate of drug-likeness (QED) is 0.0146. The summed E-state index contributed by atoms with van der Waals surface area (Å²) in [5.74, 6) is -1.60. The van der Waals surface area contributed by atoms with Crippen molar-refractivity contribution in [3.8, 4) is 0 Å². The highest BCUT2D eigenvalue weighted by Gasteiger charge is 2.29. The highest BCUT2D eigenvalue weighted by molar-refractivity contribution is 7.47. The standard InChI is InChI=1S/C95H162O16P2/c1-4-7-10-13-16-19-22-25-28-31-34-36-38-39-40-41-42-43-44-45-46-47-48-49-51-53-55-57-60-63-66-69-72-75-78-81-93(98)105-84-90(96)85-107-112(101,102)108-86-91(97)87-109-113(103,104)110-89-92(111-95(100)83-80-77-74-71-68-65-62-59-54-33-30-27-24-21-18-15-12-9-6-3)88-106-94(99)82-79-76-73-70-67-64-61-58-56-52-50-37-35-32-29-26-23-20-17-14-11-8-5-2/h7,10,16-21,25-30,34-37,39-40,42-43,52,54,56,59,90-92,96-97H,4-6,8-9,11-15,22-24,31-33,38,41,44-51,53,55,57-58,60-89H2,1-3H3,(H,101,102)(H,103,104)/b10-7-,19-16-,20-17-,21-18-,28-25-,29-26-,30-27-,36-34-,37-35-,40-39-,43-42-,56-52-,59-54-. The van der Waals surface area contributed by atoms with Crippen LogP contribution in [0.1, 0.15) is 367 Å². The normalized spacial score (nSPS) is 14.6. The summed E-state index contributed by atoms with van der Waals surface area (Å²) < 4.78 is 61.4. The minimum Gasteiger partial charge on any atom is -0.463 e. The van der Waals surface area contributed by atoms with Gasteiger partial charge in [0.1, 0.15) is 25.4 Å². The van der Waals surface area contributed by atoms with Crippen LogP contribution < -0.4 is 0 Å². The molecule has 0 aliphatic rings. The molecule has 0 aliphatic carbocycles. The van der Waals surface area contributed by atoms with Crippen LogP contribution in [0.2, 0.25) is 0 Å². The van der Waals surface area contributed by atoms with Gasteiger partial charge in [0.25, 0.3) is 0 Å². The fraction of sp³-hybridized carbons (Fsp3) is 0.695. The molecule has 0 radical (unpaired) electrons. The van der Waals surface area contributed by atoms with Crippen molar-refractivity contribution >= 4 is 33.6 Å². The second-order valence-corrected chi connectivity index (χ2v) is 32.6. The summed E-state index contributed by atoms with van der Waals surface area (Å²) in [4.78, 5) is 58.9. The van der Waals surface area contributed by atoms with Crippen LogP contribution in [0.25, 0.3) is 0 Å². The van der Waals surface area contributed by atoms with Gasteiger partial charge in [-0.3, -0.25) is 32.5 Å². The Morgan fingerprint density at radius 1 is 0.257 bits per heavy atom. The number of phosphoric acid groups is 2. The van der Waals surface area contributed by atoms with E-state index in [-0.39, 0.29) is 19.3 Å². The second kappa shape index (κ2) is 86.5. The molecule has 0 spiro atoms. The van der Waals surface area contributed by atoms with E-state index in [1.54, 1.807) is 0 Å². The Bertz CT molecular complexity index is 2680. The van der Waals surface area contributed by atoms with Gasteiger partial charge in [0.05, 0.1) is 26.4 Å². The van der Waals surface area contributed by atoms with Crippen molar-refractivity contribution in [1.82, 2.24) is 0 Å². The minimum atomic E-state index is -4.95. The number of carbonyl (C=O) groups is 3. The molecule has 0 amide bonds. The van der Waals surface area contributed by atoms with Crippen LogP contribution in [0, 0.1) is 0 Å². The summed E-state index contributed by atoms with van der Waals surface area (Å²) >= 11 is 0. The third kappa shape index (κ3) is 87.8. The molecule has 18 heteroatoms. The zero-order chi connectivity index (χ0) is 82.2. The number of allylic oxidation sites excluding steroid dienone is 26. The zero-order valence-corrected chi connectivity index (χ0v) is 73.0. The van der Waals surface area contributed by atoms with E-state index in [2.05, 4.69) is 179 Å². The number of aliphatic hydroxyl groups excluding tert-OH is 2. The van der Waals surface area contributed by atoms with Gasteiger partial charge in [0.2, 0.25) is 0 Å². The van der Waals surface area contributed by atoms with E-state index < -0.39 is 91.5 Å². The van der Waals surface area contributed by atoms with Crippen LogP contribution in [0.5, 0.6) is 0 Å². The Morgan fingerprint density at radius 3 is 0.743 bits per heavy atom. The maximum Gasteiger partial charge on any atom is 0.472 e. The maximum absolute atomic E-state index is 13.0. The smallest absolute Gasteiger partial charge is 0.463 e. The Labute approximate surface area is 689 Å². The van der Waals surface area contributed by atoms with E-state index in [0.29, 0.717) is 19.3 Å². The first-order valence-electron chi connectivity index (χ1n) is 44.8. The van der Waals surface area contributed by atoms with Crippen molar-refractivity contribution in [3.05, 3.63) is 158 Å². The summed E-state index contributed by atoms with van der Waals surface area (Å²) in [6, 6.07) is 0. The van der Waals surface area contributed by atoms with Crippen LogP contribution in [-0.2, 0) is 55.8 Å². The fourth-order valence-electron chi connectivity index (χ4n) is 11.9. The third-order valence-electron chi connectivity index (χ3n) is 18.7. The number of hydrogen-bond acceptors (Lipinski definition) is 14. The number of carbonyl (C=O) groups excluding carboxylic acids is 3. The lowest BCUT2D eigenvalue weighted by Gasteiger charge is -2.21. The van der Waals surface area contributed by atoms with Crippen LogP contribution in [0.3, 0.4) is 0 Å². The first-order valence-corrected chi connectivity index (χ1v) is 47.8. The molecule has 0 aromatic carbocycles. The van der Waals surface area contributed by atoms with E-state index in [1.807, 2.05) is 0 Å². The predicted molar refractivity (Wildman–Crippen MR) is 472 cm³/mol. The number of esters is 3. The molecule has 113 heavy (non-hydrogen) atoms. The number of hydrogen-bond donors (Lipinski definition) is 4. The molecular formula is C95H162O16P2. The summed E-state index contributed by atoms with van der Waals surface area (Å²) in [6.45, 7) is 2.52. The van der Waals surface area contributed by atoms with Crippen LogP contribution in [0.15, 0.2) is 158 Å². The van der Waals surface area contributed by atoms with Crippen LogP contribution in [0.4, 0.5) is 0 Å². The second-order valence-electron chi connectivity index (χ2n) is 29.7. The highest BCUT2D eigenvalue weighted by Crippen LogP contribution is 2.45. The molecule has 0 saturated carbocycles. The van der Waals surface area contributed by atoms with Crippen molar-refractivity contribution in [2.75, 3.05) is 39.6 Å². The van der Waals surface area contributed by atoms with Gasteiger partial charge < -0.3 is 34.2 Å². The molecule has 0 aromatic rings. The molecule has 0 aliphatic heterocycles. The summed E-state index contributed by atoms with van der Waals surface area (Å²) in [6.07, 6.45) is 110. The Kier molecular flexibility index (Phi) is 82.8. The third-order valence-corrected chi connectivity index (χ3v) is 20.6. The molecular weight excluding hydrogens is 1460 g/mol. The molecule has 0 saturated heterocycles. The van der Waals surface area contributed by atoms with Gasteiger partial charge in [-0.15, -0.1) is 0 Å². The summed E-state index contributed by atoms with van der Waals surface area (Å²) in [7, 11) is -9.81. The fourth-order valence-corrected chi connectivity index (χ4v) is 13.5. The van der Waals surface area contributed by atoms with Gasteiger partial charge >= 0.3 is 33.6 Å². The first kappa shape index (κ1) is 108. The summed E-state index contributed by atoms with van der Waals surface area (Å²) in [5, 5.41) is 20.7. The van der Waals surface area contributed by atoms with Crippen LogP contribution >= 0.6 is 15.6 Å². The monoisotopic (exact) mass is 1620 g/mol. The number of aliphatic hydroxyl groups is 2. The van der Waals surface area contributed by atoms with E-state index in [0.717, 1.165) is 180 Å². The molecule has 648 valence electrons. The van der Waals surface area contributed by atoms with Gasteiger partial charge in [-0.05, 0) is 154 Å². The minimum absolute atomic E-state index is 0.0844. The Hall–Kier alpha value is -4.83. The maximum atomic E-state index is 13.0. The lowest BCUT2D eigenvalue weighted by atomic mass is 10.0. The summed E-state index contributed by atoms with van der Waals surface area (Å²) in [5.41, 5.74) is 0. The average Bonchev–Trinajstić information content (AvgIpc) is 0.899. The molecule has 0 fully saturated rings. The SMILES string of the molecule is CC/C=C\C/C=C\C/C=C\C/C=C\C/C=C\C/C=C\CCCCCCCCCCCCCCCCCCC(=O)OCC(O)COP(=O)(O)OCC(O)COP(=O)(O)OCC(COC(=O)CCCCCCCCC/C=C\C/C=C\C/C=C\C/C=C\CCCCC)OC(=O)CCCCCCCC/C=C\C/C=C\C/C=C\CCCCC. The highest BCUT2D eigenvalue weighted by atomic mass is 31.2. The van der Waals surface area contributed by atoms with Crippen molar-refractivity contribution in [1.29, 1.82) is 0 Å². The lowest BCUT2D eigenvalue weighted by molar-refractivity contribution is -0.161. The van der Waals surface area contributed by atoms with Gasteiger partial charge in [0, 0.05) is 19.3 Å². The van der Waals surface area contributed by atoms with Gasteiger partial charge in [-0.1, -0.05) is 352 Å². The van der Waals surface area contributed by atoms with E-state index in [1.165, 1.54) is 128 Å². The van der Waals surface area contributed by atoms with E-state index >= 15 is 0 Å². The van der Waals surface area contributed by atoms with Crippen molar-refractivity contribution < 1.29 is 75.8 Å². The van der Waals surface area contributed by atoms with Crippen LogP contribution in [-0.4, -0.2) is 95.9 Å². The Balaban J connectivity index is 4.52. The molecule has 4 N–H and O–H groups in total. The van der Waals surface area contributed by atoms with Gasteiger partial charge in [-0.2, -0.15) is 0 Å². The van der Waals surface area contributed by atoms with Crippen molar-refractivity contribution in [3.63, 3.8) is 0 Å². The Morgan fingerprint density at radius 2 is 0.469 bits per heavy atom. The number of ether oxygens (including phenoxy) is 3. The predicted octanol–water partition coefficient (Wildman–Crippen LogP) is 27.3.